The topological polar surface area (TPSA) is 101 Å². The first kappa shape index (κ1) is 21.8. The van der Waals surface area contributed by atoms with E-state index in [1.54, 1.807) is 12.1 Å². The molecular weight excluding hydrogens is 390 g/mol. The van der Waals surface area contributed by atoms with E-state index in [9.17, 15) is 14.4 Å². The Morgan fingerprint density at radius 3 is 2.10 bits per heavy atom. The molecule has 1 atom stereocenters. The summed E-state index contributed by atoms with van der Waals surface area (Å²) in [4.78, 5) is 36.1. The van der Waals surface area contributed by atoms with Gasteiger partial charge in [-0.05, 0) is 47.4 Å². The van der Waals surface area contributed by atoms with Gasteiger partial charge in [-0.1, -0.05) is 54.6 Å². The summed E-state index contributed by atoms with van der Waals surface area (Å²) in [5.74, 6) is -0.688. The molecule has 0 saturated heterocycles. The lowest BCUT2D eigenvalue weighted by Gasteiger charge is -2.18. The predicted octanol–water partition coefficient (Wildman–Crippen LogP) is 3.33. The minimum absolute atomic E-state index is 0.180. The SMILES string of the molecule is Nc1ccc(-c2ccc(C(=O)N[C@@H](CCC=O)C(=O)NCc3ccccc3)cc2)cc1. The van der Waals surface area contributed by atoms with Crippen LogP contribution in [0.5, 0.6) is 0 Å². The van der Waals surface area contributed by atoms with Crippen molar-refractivity contribution >= 4 is 23.8 Å². The number of nitrogens with two attached hydrogens (primary N) is 1. The van der Waals surface area contributed by atoms with Crippen LogP contribution in [-0.4, -0.2) is 24.1 Å². The number of carbonyl (C=O) groups excluding carboxylic acids is 3. The van der Waals surface area contributed by atoms with Crippen LogP contribution in [-0.2, 0) is 16.1 Å². The second-order valence-electron chi connectivity index (χ2n) is 7.17. The molecule has 2 amide bonds. The zero-order valence-electron chi connectivity index (χ0n) is 17.1. The van der Waals surface area contributed by atoms with Crippen molar-refractivity contribution < 1.29 is 14.4 Å². The number of hydrogen-bond donors (Lipinski definition) is 3. The molecule has 158 valence electrons. The number of hydrogen-bond acceptors (Lipinski definition) is 4. The van der Waals surface area contributed by atoms with Crippen molar-refractivity contribution in [1.29, 1.82) is 0 Å². The van der Waals surface area contributed by atoms with E-state index in [-0.39, 0.29) is 24.7 Å². The molecular formula is C25H25N3O3. The monoisotopic (exact) mass is 415 g/mol. The highest BCUT2D eigenvalue weighted by Crippen LogP contribution is 2.21. The van der Waals surface area contributed by atoms with Gasteiger partial charge >= 0.3 is 0 Å². The van der Waals surface area contributed by atoms with Crippen molar-refractivity contribution in [2.45, 2.75) is 25.4 Å². The number of anilines is 1. The average Bonchev–Trinajstić information content (AvgIpc) is 2.81. The molecule has 0 aliphatic carbocycles. The maximum Gasteiger partial charge on any atom is 0.251 e. The van der Waals surface area contributed by atoms with Gasteiger partial charge in [-0.25, -0.2) is 0 Å². The van der Waals surface area contributed by atoms with E-state index in [0.29, 0.717) is 17.8 Å². The molecule has 0 fully saturated rings. The van der Waals surface area contributed by atoms with E-state index in [2.05, 4.69) is 10.6 Å². The minimum Gasteiger partial charge on any atom is -0.399 e. The van der Waals surface area contributed by atoms with Crippen LogP contribution in [0.25, 0.3) is 11.1 Å². The van der Waals surface area contributed by atoms with Crippen molar-refractivity contribution in [3.05, 3.63) is 90.0 Å². The van der Waals surface area contributed by atoms with Crippen LogP contribution in [0.4, 0.5) is 5.69 Å². The molecule has 0 heterocycles. The molecule has 0 aromatic heterocycles. The second-order valence-corrected chi connectivity index (χ2v) is 7.17. The summed E-state index contributed by atoms with van der Waals surface area (Å²) in [7, 11) is 0. The minimum atomic E-state index is -0.793. The maximum atomic E-state index is 12.7. The van der Waals surface area contributed by atoms with Crippen LogP contribution >= 0.6 is 0 Å². The third kappa shape index (κ3) is 6.27. The summed E-state index contributed by atoms with van der Waals surface area (Å²) in [6.07, 6.45) is 1.16. The van der Waals surface area contributed by atoms with E-state index < -0.39 is 6.04 Å². The average molecular weight is 415 g/mol. The maximum absolute atomic E-state index is 12.7. The van der Waals surface area contributed by atoms with Crippen LogP contribution in [0, 0.1) is 0 Å². The van der Waals surface area contributed by atoms with Gasteiger partial charge in [0.1, 0.15) is 12.3 Å². The molecule has 0 aliphatic rings. The number of aldehydes is 1. The van der Waals surface area contributed by atoms with Crippen LogP contribution in [0.2, 0.25) is 0 Å². The van der Waals surface area contributed by atoms with Crippen molar-refractivity contribution in [1.82, 2.24) is 10.6 Å². The lowest BCUT2D eigenvalue weighted by Crippen LogP contribution is -2.46. The van der Waals surface area contributed by atoms with Crippen LogP contribution in [0.3, 0.4) is 0 Å². The largest absolute Gasteiger partial charge is 0.399 e. The zero-order valence-corrected chi connectivity index (χ0v) is 17.1. The van der Waals surface area contributed by atoms with Gasteiger partial charge < -0.3 is 21.2 Å². The highest BCUT2D eigenvalue weighted by molar-refractivity contribution is 5.98. The molecule has 0 aliphatic heterocycles. The quantitative estimate of drug-likeness (QED) is 0.369. The van der Waals surface area contributed by atoms with Gasteiger partial charge in [-0.3, -0.25) is 9.59 Å². The number of carbonyl (C=O) groups is 3. The third-order valence-corrected chi connectivity index (χ3v) is 4.90. The second kappa shape index (κ2) is 10.7. The fraction of sp³-hybridized carbons (Fsp3) is 0.160. The molecule has 0 radical (unpaired) electrons. The standard InChI is InChI=1S/C25H25N3O3/c26-22-14-12-20(13-15-22)19-8-10-21(11-9-19)24(30)28-23(7-4-16-29)25(31)27-17-18-5-2-1-3-6-18/h1-3,5-6,8-16,23H,4,7,17,26H2,(H,27,31)(H,28,30)/t23-/m0/s1. The molecule has 0 unspecified atom stereocenters. The fourth-order valence-corrected chi connectivity index (χ4v) is 3.14. The molecule has 6 nitrogen and oxygen atoms in total. The van der Waals surface area contributed by atoms with Gasteiger partial charge in [0.2, 0.25) is 5.91 Å². The molecule has 3 aromatic rings. The Balaban J connectivity index is 1.64. The molecule has 6 heteroatoms. The molecule has 4 N–H and O–H groups in total. The summed E-state index contributed by atoms with van der Waals surface area (Å²) in [6.45, 7) is 0.351. The summed E-state index contributed by atoms with van der Waals surface area (Å²) >= 11 is 0. The van der Waals surface area contributed by atoms with Gasteiger partial charge in [-0.2, -0.15) is 0 Å². The van der Waals surface area contributed by atoms with Gasteiger partial charge in [0.15, 0.2) is 0 Å². The summed E-state index contributed by atoms with van der Waals surface area (Å²) in [5.41, 5.74) is 9.74. The highest BCUT2D eigenvalue weighted by atomic mass is 16.2. The summed E-state index contributed by atoms with van der Waals surface area (Å²) in [6, 6.07) is 23.3. The predicted molar refractivity (Wildman–Crippen MR) is 121 cm³/mol. The van der Waals surface area contributed by atoms with Gasteiger partial charge in [0, 0.05) is 24.2 Å². The molecule has 0 bridgehead atoms. The molecule has 3 aromatic carbocycles. The van der Waals surface area contributed by atoms with E-state index in [0.717, 1.165) is 23.0 Å². The first-order valence-electron chi connectivity index (χ1n) is 10.1. The molecule has 0 saturated carbocycles. The van der Waals surface area contributed by atoms with Gasteiger partial charge in [0.05, 0.1) is 0 Å². The van der Waals surface area contributed by atoms with E-state index in [1.807, 2.05) is 66.7 Å². The number of rotatable bonds is 9. The highest BCUT2D eigenvalue weighted by Gasteiger charge is 2.21. The Morgan fingerprint density at radius 1 is 0.871 bits per heavy atom. The van der Waals surface area contributed by atoms with E-state index in [4.69, 9.17) is 5.73 Å². The lowest BCUT2D eigenvalue weighted by atomic mass is 10.0. The Hall–Kier alpha value is -3.93. The number of nitrogens with one attached hydrogen (secondary N) is 2. The zero-order chi connectivity index (χ0) is 22.1. The lowest BCUT2D eigenvalue weighted by molar-refractivity contribution is -0.123. The first-order valence-corrected chi connectivity index (χ1v) is 10.1. The molecule has 3 rings (SSSR count). The third-order valence-electron chi connectivity index (χ3n) is 4.90. The Kier molecular flexibility index (Phi) is 7.54. The van der Waals surface area contributed by atoms with Crippen LogP contribution in [0.1, 0.15) is 28.8 Å². The van der Waals surface area contributed by atoms with Crippen molar-refractivity contribution in [3.63, 3.8) is 0 Å². The van der Waals surface area contributed by atoms with Crippen molar-refractivity contribution in [2.75, 3.05) is 5.73 Å². The Labute approximate surface area is 181 Å². The van der Waals surface area contributed by atoms with Gasteiger partial charge in [-0.15, -0.1) is 0 Å². The van der Waals surface area contributed by atoms with Crippen molar-refractivity contribution in [3.8, 4) is 11.1 Å². The number of amides is 2. The number of nitrogen functional groups attached to an aromatic ring is 1. The fourth-order valence-electron chi connectivity index (χ4n) is 3.14. The van der Waals surface area contributed by atoms with Crippen molar-refractivity contribution in [2.24, 2.45) is 0 Å². The molecule has 31 heavy (non-hydrogen) atoms. The van der Waals surface area contributed by atoms with Gasteiger partial charge in [0.25, 0.3) is 5.91 Å². The number of benzene rings is 3. The summed E-state index contributed by atoms with van der Waals surface area (Å²) in [5, 5.41) is 5.56. The van der Waals surface area contributed by atoms with E-state index >= 15 is 0 Å². The Bertz CT molecular complexity index is 1020. The summed E-state index contributed by atoms with van der Waals surface area (Å²) < 4.78 is 0. The molecule has 0 spiro atoms. The van der Waals surface area contributed by atoms with E-state index in [1.165, 1.54) is 0 Å². The normalized spacial score (nSPS) is 11.4. The smallest absolute Gasteiger partial charge is 0.251 e. The first-order chi connectivity index (χ1) is 15.1. The van der Waals surface area contributed by atoms with Crippen LogP contribution < -0.4 is 16.4 Å². The van der Waals surface area contributed by atoms with Crippen LogP contribution in [0.15, 0.2) is 78.9 Å². The Morgan fingerprint density at radius 2 is 1.48 bits per heavy atom.